The van der Waals surface area contributed by atoms with Crippen LogP contribution in [-0.4, -0.2) is 60.5 Å². The monoisotopic (exact) mass is 436 g/mol. The van der Waals surface area contributed by atoms with Gasteiger partial charge in [0.05, 0.1) is 29.4 Å². The minimum atomic E-state index is 0.101. The molecule has 32 heavy (non-hydrogen) atoms. The van der Waals surface area contributed by atoms with Crippen LogP contribution >= 0.6 is 0 Å². The van der Waals surface area contributed by atoms with Gasteiger partial charge in [0.1, 0.15) is 0 Å². The summed E-state index contributed by atoms with van der Waals surface area (Å²) in [5.41, 5.74) is 12.9. The molecule has 2 aliphatic rings. The van der Waals surface area contributed by atoms with Crippen molar-refractivity contribution in [2.75, 3.05) is 27.2 Å². The van der Waals surface area contributed by atoms with Crippen LogP contribution in [0.2, 0.25) is 0 Å². The van der Waals surface area contributed by atoms with Gasteiger partial charge in [0.25, 0.3) is 0 Å². The number of rotatable bonds is 9. The highest BCUT2D eigenvalue weighted by Gasteiger charge is 2.23. The van der Waals surface area contributed by atoms with Gasteiger partial charge in [0, 0.05) is 62.7 Å². The summed E-state index contributed by atoms with van der Waals surface area (Å²) in [6, 6.07) is 0.442. The first-order chi connectivity index (χ1) is 15.4. The molecule has 0 aliphatic heterocycles. The van der Waals surface area contributed by atoms with Crippen LogP contribution in [0.3, 0.4) is 0 Å². The molecule has 0 aromatic carbocycles. The number of hydrogen-bond acceptors (Lipinski definition) is 7. The van der Waals surface area contributed by atoms with Crippen molar-refractivity contribution in [1.82, 2.24) is 20.2 Å². The molecule has 7 heteroatoms. The summed E-state index contributed by atoms with van der Waals surface area (Å²) in [4.78, 5) is 16.0. The number of nitrogens with zero attached hydrogens (tertiary/aromatic N) is 4. The molecule has 1 atom stereocenters. The van der Waals surface area contributed by atoms with Crippen molar-refractivity contribution >= 4 is 17.9 Å². The van der Waals surface area contributed by atoms with Crippen LogP contribution in [0.1, 0.15) is 50.7 Å². The van der Waals surface area contributed by atoms with Gasteiger partial charge in [-0.15, -0.1) is 0 Å². The molecular weight excluding hydrogens is 400 g/mol. The van der Waals surface area contributed by atoms with Crippen LogP contribution in [0.4, 0.5) is 0 Å². The predicted octanol–water partition coefficient (Wildman–Crippen LogP) is 3.31. The summed E-state index contributed by atoms with van der Waals surface area (Å²) in [7, 11) is 3.49. The zero-order valence-electron chi connectivity index (χ0n) is 19.9. The minimum absolute atomic E-state index is 0.101. The maximum Gasteiger partial charge on any atom is 0.0922 e. The molecule has 2 aliphatic carbocycles. The lowest BCUT2D eigenvalue weighted by Crippen LogP contribution is -2.35. The summed E-state index contributed by atoms with van der Waals surface area (Å²) in [6.45, 7) is 8.27. The molecule has 172 valence electrons. The third-order valence-electron chi connectivity index (χ3n) is 5.67. The number of methoxy groups -OCH3 is 1. The molecule has 0 radical (unpaired) electrons. The fourth-order valence-corrected chi connectivity index (χ4v) is 4.05. The Kier molecular flexibility index (Phi) is 8.36. The number of fused-ring (bicyclic) bond motifs is 1. The normalized spacial score (nSPS) is 19.0. The van der Waals surface area contributed by atoms with Crippen molar-refractivity contribution in [2.45, 2.75) is 52.2 Å². The molecule has 7 nitrogen and oxygen atoms in total. The van der Waals surface area contributed by atoms with Crippen LogP contribution in [0, 0.1) is 0 Å². The first-order valence-corrected chi connectivity index (χ1v) is 11.3. The molecule has 1 aromatic rings. The highest BCUT2D eigenvalue weighted by molar-refractivity contribution is 6.08. The van der Waals surface area contributed by atoms with Crippen LogP contribution in [-0.2, 0) is 11.2 Å². The Morgan fingerprint density at radius 3 is 2.88 bits per heavy atom. The van der Waals surface area contributed by atoms with Crippen molar-refractivity contribution < 1.29 is 4.74 Å². The molecule has 0 spiro atoms. The Balaban J connectivity index is 1.96. The van der Waals surface area contributed by atoms with Gasteiger partial charge < -0.3 is 20.7 Å². The largest absolute Gasteiger partial charge is 0.404 e. The second kappa shape index (κ2) is 11.2. The predicted molar refractivity (Wildman–Crippen MR) is 132 cm³/mol. The van der Waals surface area contributed by atoms with Gasteiger partial charge in [-0.25, -0.2) is 4.98 Å². The van der Waals surface area contributed by atoms with E-state index in [1.54, 1.807) is 26.6 Å². The number of ether oxygens (including phenoxy) is 1. The van der Waals surface area contributed by atoms with Gasteiger partial charge in [-0.3, -0.25) is 9.98 Å². The first-order valence-electron chi connectivity index (χ1n) is 11.3. The molecule has 1 unspecified atom stereocenters. The number of allylic oxidation sites excluding steroid dienone is 3. The van der Waals surface area contributed by atoms with Crippen molar-refractivity contribution in [2.24, 2.45) is 10.7 Å². The topological polar surface area (TPSA) is 88.7 Å². The number of aryl methyl sites for hydroxylation is 1. The summed E-state index contributed by atoms with van der Waals surface area (Å²) in [5, 5.41) is 3.54. The fraction of sp³-hybridized carbons (Fsp3) is 0.480. The molecule has 1 heterocycles. The van der Waals surface area contributed by atoms with E-state index in [9.17, 15) is 0 Å². The van der Waals surface area contributed by atoms with Gasteiger partial charge in [-0.2, -0.15) is 0 Å². The van der Waals surface area contributed by atoms with Crippen molar-refractivity contribution in [3.05, 3.63) is 58.6 Å². The Morgan fingerprint density at radius 2 is 2.19 bits per heavy atom. The maximum absolute atomic E-state index is 5.78. The second-order valence-electron chi connectivity index (χ2n) is 8.55. The molecule has 0 amide bonds. The Hall–Kier alpha value is -2.77. The van der Waals surface area contributed by atoms with Crippen LogP contribution in [0.5, 0.6) is 0 Å². The first kappa shape index (κ1) is 23.9. The molecule has 3 rings (SSSR count). The number of aromatic nitrogens is 2. The number of nitrogens with one attached hydrogen (secondary N) is 1. The summed E-state index contributed by atoms with van der Waals surface area (Å²) < 4.78 is 5.67. The van der Waals surface area contributed by atoms with E-state index in [-0.39, 0.29) is 6.10 Å². The van der Waals surface area contributed by atoms with E-state index in [1.165, 1.54) is 23.2 Å². The van der Waals surface area contributed by atoms with E-state index in [2.05, 4.69) is 59.2 Å². The quantitative estimate of drug-likeness (QED) is 0.578. The molecule has 3 N–H and O–H groups in total. The summed E-state index contributed by atoms with van der Waals surface area (Å²) >= 11 is 0. The van der Waals surface area contributed by atoms with Gasteiger partial charge in [0.2, 0.25) is 0 Å². The number of nitrogens with two attached hydrogens (primary N) is 1. The summed E-state index contributed by atoms with van der Waals surface area (Å²) in [6.07, 6.45) is 14.5. The molecule has 0 saturated carbocycles. The molecule has 1 aromatic heterocycles. The van der Waals surface area contributed by atoms with E-state index < -0.39 is 0 Å². The Bertz CT molecular complexity index is 957. The third-order valence-corrected chi connectivity index (χ3v) is 5.67. The van der Waals surface area contributed by atoms with Gasteiger partial charge in [-0.05, 0) is 44.4 Å². The van der Waals surface area contributed by atoms with Crippen LogP contribution < -0.4 is 11.1 Å². The van der Waals surface area contributed by atoms with E-state index in [0.717, 1.165) is 55.0 Å². The van der Waals surface area contributed by atoms with E-state index in [4.69, 9.17) is 15.5 Å². The number of hydrogen-bond donors (Lipinski definition) is 2. The zero-order valence-corrected chi connectivity index (χ0v) is 19.9. The molecule has 0 saturated heterocycles. The minimum Gasteiger partial charge on any atom is -0.404 e. The van der Waals surface area contributed by atoms with Crippen LogP contribution in [0.15, 0.2) is 46.5 Å². The van der Waals surface area contributed by atoms with Gasteiger partial charge in [-0.1, -0.05) is 19.4 Å². The van der Waals surface area contributed by atoms with E-state index in [0.29, 0.717) is 6.04 Å². The fourth-order valence-electron chi connectivity index (χ4n) is 4.05. The lowest BCUT2D eigenvalue weighted by atomic mass is 9.98. The average molecular weight is 437 g/mol. The zero-order chi connectivity index (χ0) is 23.1. The molecule has 0 bridgehead atoms. The smallest absolute Gasteiger partial charge is 0.0922 e. The van der Waals surface area contributed by atoms with E-state index in [1.807, 2.05) is 0 Å². The molecule has 0 fully saturated rings. The second-order valence-corrected chi connectivity index (χ2v) is 8.55. The highest BCUT2D eigenvalue weighted by Crippen LogP contribution is 2.30. The number of aliphatic imine (C=N–C) groups is 1. The molecular formula is C25H36N6O. The third kappa shape index (κ3) is 5.93. The lowest BCUT2D eigenvalue weighted by Gasteiger charge is -2.33. The van der Waals surface area contributed by atoms with Crippen molar-refractivity contribution in [1.29, 1.82) is 0 Å². The Labute approximate surface area is 191 Å². The van der Waals surface area contributed by atoms with Crippen molar-refractivity contribution in [3.8, 4) is 0 Å². The standard InChI is InChI=1S/C25H36N6O/c1-17(2)28-8-9-31(21-10-18(3)11-22(12-21)32-5)20-6-7-23-24(13-20)30-25(16-29-23)19(14-26)15-27-4/h10,12-17,22,28H,6-9,11,26H2,1-5H3. The SMILES string of the molecule is CN=CC(=CN)c1cnc2c(n1)C=C(N(CCNC(C)C)C1=CC(OC)CC(C)=C1)CC2. The van der Waals surface area contributed by atoms with Crippen LogP contribution in [0.25, 0.3) is 11.6 Å². The van der Waals surface area contributed by atoms with Crippen molar-refractivity contribution in [3.63, 3.8) is 0 Å². The Morgan fingerprint density at radius 1 is 1.38 bits per heavy atom. The maximum atomic E-state index is 5.78. The lowest BCUT2D eigenvalue weighted by molar-refractivity contribution is 0.137. The highest BCUT2D eigenvalue weighted by atomic mass is 16.5. The van der Waals surface area contributed by atoms with E-state index >= 15 is 0 Å². The van der Waals surface area contributed by atoms with Gasteiger partial charge in [0.15, 0.2) is 0 Å². The average Bonchev–Trinajstić information content (AvgIpc) is 2.79. The van der Waals surface area contributed by atoms with Gasteiger partial charge >= 0.3 is 0 Å². The summed E-state index contributed by atoms with van der Waals surface area (Å²) in [5.74, 6) is 0.